The summed E-state index contributed by atoms with van der Waals surface area (Å²) in [6.07, 6.45) is 3.02. The van der Waals surface area contributed by atoms with Gasteiger partial charge in [-0.1, -0.05) is 19.1 Å². The van der Waals surface area contributed by atoms with Crippen molar-refractivity contribution in [2.75, 3.05) is 19.7 Å². The Morgan fingerprint density at radius 2 is 1.88 bits per heavy atom. The highest BCUT2D eigenvalue weighted by atomic mass is 16.5. The summed E-state index contributed by atoms with van der Waals surface area (Å²) in [7, 11) is 0. The Balaban J connectivity index is 1.20. The molecule has 3 aliphatic rings. The molecule has 1 atom stereocenters. The first-order valence-corrected chi connectivity index (χ1v) is 11.8. The van der Waals surface area contributed by atoms with Crippen LogP contribution >= 0.6 is 0 Å². The number of rotatable bonds is 7. The average Bonchev–Trinajstić information content (AvgIpc) is 3.06. The fourth-order valence-corrected chi connectivity index (χ4v) is 4.94. The van der Waals surface area contributed by atoms with Crippen LogP contribution in [0.4, 0.5) is 0 Å². The Morgan fingerprint density at radius 1 is 1.06 bits per heavy atom. The van der Waals surface area contributed by atoms with E-state index in [-0.39, 0.29) is 42.0 Å². The minimum atomic E-state index is -0.876. The van der Waals surface area contributed by atoms with E-state index in [2.05, 4.69) is 28.9 Å². The number of nitrogens with zero attached hydrogens (tertiary/aromatic N) is 3. The molecule has 176 valence electrons. The predicted molar refractivity (Wildman–Crippen MR) is 122 cm³/mol. The maximum atomic E-state index is 13.2. The topological polar surface area (TPSA) is 96.9 Å². The molecule has 2 amide bonds. The molecular weight excluding hydrogens is 434 g/mol. The van der Waals surface area contributed by atoms with Crippen molar-refractivity contribution in [1.82, 2.24) is 14.8 Å². The highest BCUT2D eigenvalue weighted by molar-refractivity contribution is 6.24. The van der Waals surface area contributed by atoms with Gasteiger partial charge in [0.1, 0.15) is 11.5 Å². The van der Waals surface area contributed by atoms with E-state index in [1.54, 1.807) is 18.2 Å². The van der Waals surface area contributed by atoms with Crippen LogP contribution in [-0.4, -0.2) is 63.9 Å². The molecule has 34 heavy (non-hydrogen) atoms. The van der Waals surface area contributed by atoms with Crippen LogP contribution in [0.15, 0.2) is 36.5 Å². The molecule has 3 heterocycles. The van der Waals surface area contributed by atoms with E-state index in [9.17, 15) is 19.2 Å². The number of carbonyl (C=O) groups is 4. The molecule has 5 rings (SSSR count). The predicted octanol–water partition coefficient (Wildman–Crippen LogP) is 2.44. The third-order valence-corrected chi connectivity index (χ3v) is 6.82. The monoisotopic (exact) mass is 461 g/mol. The van der Waals surface area contributed by atoms with Crippen LogP contribution in [-0.2, 0) is 22.6 Å². The number of likely N-dealkylation sites (tertiary alicyclic amines) is 1. The van der Waals surface area contributed by atoms with E-state index in [1.165, 1.54) is 5.56 Å². The van der Waals surface area contributed by atoms with Crippen LogP contribution in [0.1, 0.15) is 58.2 Å². The third-order valence-electron chi connectivity index (χ3n) is 6.82. The summed E-state index contributed by atoms with van der Waals surface area (Å²) >= 11 is 0. The Morgan fingerprint density at radius 3 is 2.59 bits per heavy atom. The van der Waals surface area contributed by atoms with Crippen molar-refractivity contribution in [3.05, 3.63) is 58.9 Å². The van der Waals surface area contributed by atoms with E-state index in [0.29, 0.717) is 18.3 Å². The van der Waals surface area contributed by atoms with Gasteiger partial charge in [-0.15, -0.1) is 0 Å². The number of amides is 2. The Labute approximate surface area is 197 Å². The van der Waals surface area contributed by atoms with E-state index < -0.39 is 17.9 Å². The Hall–Kier alpha value is -3.39. The second kappa shape index (κ2) is 9.10. The van der Waals surface area contributed by atoms with Crippen molar-refractivity contribution in [2.24, 2.45) is 5.92 Å². The largest absolute Gasteiger partial charge is 0.492 e. The lowest BCUT2D eigenvalue weighted by atomic mass is 9.92. The molecule has 2 aliphatic heterocycles. The zero-order valence-corrected chi connectivity index (χ0v) is 19.2. The molecule has 0 bridgehead atoms. The molecule has 8 heteroatoms. The standard InChI is InChI=1S/C26H27N3O5/c1-2-18-7-6-16(11-27-18)12-28-13-17(14-28)15-34-23-5-3-4-20-24(23)26(33)29(25(20)32)21-9-8-19(30)10-22(21)31/h3-7,11,17,21H,2,8-10,12-15H2,1H3. The van der Waals surface area contributed by atoms with Crippen molar-refractivity contribution in [1.29, 1.82) is 0 Å². The summed E-state index contributed by atoms with van der Waals surface area (Å²) in [5, 5.41) is 0. The molecule has 0 spiro atoms. The SMILES string of the molecule is CCc1ccc(CN2CC(COc3cccc4c3C(=O)N(C3CCC(=O)CC3=O)C4=O)C2)cn1. The van der Waals surface area contributed by atoms with Gasteiger partial charge in [0.2, 0.25) is 0 Å². The van der Waals surface area contributed by atoms with Crippen LogP contribution in [0.25, 0.3) is 0 Å². The molecule has 1 saturated carbocycles. The maximum absolute atomic E-state index is 13.2. The molecular formula is C26H27N3O5. The average molecular weight is 462 g/mol. The van der Waals surface area contributed by atoms with Gasteiger partial charge in [-0.05, 0) is 36.6 Å². The summed E-state index contributed by atoms with van der Waals surface area (Å²) < 4.78 is 6.00. The van der Waals surface area contributed by atoms with Crippen LogP contribution in [0.2, 0.25) is 0 Å². The second-order valence-electron chi connectivity index (χ2n) is 9.28. The minimum absolute atomic E-state index is 0.148. The van der Waals surface area contributed by atoms with Crippen molar-refractivity contribution in [2.45, 2.75) is 45.2 Å². The summed E-state index contributed by atoms with van der Waals surface area (Å²) in [6, 6.07) is 8.27. The number of ketones is 2. The number of imide groups is 1. The first-order valence-electron chi connectivity index (χ1n) is 11.8. The third kappa shape index (κ3) is 4.14. The van der Waals surface area contributed by atoms with Gasteiger partial charge in [-0.25, -0.2) is 0 Å². The fraction of sp³-hybridized carbons (Fsp3) is 0.423. The zero-order valence-electron chi connectivity index (χ0n) is 19.2. The van der Waals surface area contributed by atoms with E-state index in [0.717, 1.165) is 36.6 Å². The van der Waals surface area contributed by atoms with Gasteiger partial charge < -0.3 is 4.74 Å². The minimum Gasteiger partial charge on any atom is -0.492 e. The van der Waals surface area contributed by atoms with Crippen LogP contribution in [0.3, 0.4) is 0 Å². The number of benzene rings is 1. The van der Waals surface area contributed by atoms with E-state index in [1.807, 2.05) is 6.20 Å². The molecule has 1 aliphatic carbocycles. The number of pyridine rings is 1. The molecule has 1 unspecified atom stereocenters. The number of carbonyl (C=O) groups excluding carboxylic acids is 4. The number of aryl methyl sites for hydroxylation is 1. The highest BCUT2D eigenvalue weighted by Gasteiger charge is 2.45. The molecule has 0 N–H and O–H groups in total. The Kier molecular flexibility index (Phi) is 6.00. The molecule has 2 fully saturated rings. The Bertz CT molecular complexity index is 1150. The van der Waals surface area contributed by atoms with E-state index in [4.69, 9.17) is 4.74 Å². The molecule has 0 radical (unpaired) electrons. The molecule has 1 aromatic carbocycles. The first-order chi connectivity index (χ1) is 16.4. The molecule has 1 aromatic heterocycles. The number of ether oxygens (including phenoxy) is 1. The van der Waals surface area contributed by atoms with Gasteiger partial charge in [-0.2, -0.15) is 0 Å². The number of hydrogen-bond acceptors (Lipinski definition) is 7. The fourth-order valence-electron chi connectivity index (χ4n) is 4.94. The van der Waals surface area contributed by atoms with E-state index >= 15 is 0 Å². The van der Waals surface area contributed by atoms with Crippen LogP contribution in [0, 0.1) is 5.92 Å². The molecule has 1 saturated heterocycles. The molecule has 2 aromatic rings. The van der Waals surface area contributed by atoms with Gasteiger partial charge in [-0.3, -0.25) is 34.0 Å². The number of Topliss-reactive ketones (excluding diaryl/α,β-unsaturated/α-hetero) is 2. The van der Waals surface area contributed by atoms with Crippen molar-refractivity contribution in [3.8, 4) is 5.75 Å². The van der Waals surface area contributed by atoms with Crippen LogP contribution in [0.5, 0.6) is 5.75 Å². The number of aromatic nitrogens is 1. The summed E-state index contributed by atoms with van der Waals surface area (Å²) in [5.74, 6) is -0.825. The smallest absolute Gasteiger partial charge is 0.266 e. The summed E-state index contributed by atoms with van der Waals surface area (Å²) in [4.78, 5) is 57.8. The second-order valence-corrected chi connectivity index (χ2v) is 9.28. The quantitative estimate of drug-likeness (QED) is 0.462. The zero-order chi connectivity index (χ0) is 23.8. The van der Waals surface area contributed by atoms with Gasteiger partial charge >= 0.3 is 0 Å². The van der Waals surface area contributed by atoms with Crippen molar-refractivity contribution in [3.63, 3.8) is 0 Å². The highest BCUT2D eigenvalue weighted by Crippen LogP contribution is 2.35. The van der Waals surface area contributed by atoms with Gasteiger partial charge in [0.25, 0.3) is 11.8 Å². The lowest BCUT2D eigenvalue weighted by Gasteiger charge is -2.39. The lowest BCUT2D eigenvalue weighted by Crippen LogP contribution is -2.48. The number of hydrogen-bond donors (Lipinski definition) is 0. The van der Waals surface area contributed by atoms with Crippen molar-refractivity contribution < 1.29 is 23.9 Å². The summed E-state index contributed by atoms with van der Waals surface area (Å²) in [6.45, 7) is 5.14. The van der Waals surface area contributed by atoms with Gasteiger partial charge in [0, 0.05) is 43.9 Å². The van der Waals surface area contributed by atoms with Gasteiger partial charge in [0.15, 0.2) is 5.78 Å². The lowest BCUT2D eigenvalue weighted by molar-refractivity contribution is -0.132. The van der Waals surface area contributed by atoms with Gasteiger partial charge in [0.05, 0.1) is 30.2 Å². The van der Waals surface area contributed by atoms with Crippen LogP contribution < -0.4 is 4.74 Å². The van der Waals surface area contributed by atoms with Crippen molar-refractivity contribution >= 4 is 23.4 Å². The molecule has 8 nitrogen and oxygen atoms in total. The summed E-state index contributed by atoms with van der Waals surface area (Å²) in [5.41, 5.74) is 2.74. The maximum Gasteiger partial charge on any atom is 0.266 e. The normalized spacial score (nSPS) is 21.1. The first kappa shape index (κ1) is 22.4. The number of fused-ring (bicyclic) bond motifs is 1.